The molecule has 184 valence electrons. The molecule has 0 spiro atoms. The van der Waals surface area contributed by atoms with Gasteiger partial charge in [0.05, 0.1) is 12.8 Å². The van der Waals surface area contributed by atoms with Crippen molar-refractivity contribution in [1.82, 2.24) is 34.3 Å². The van der Waals surface area contributed by atoms with Crippen molar-refractivity contribution in [2.24, 2.45) is 7.05 Å². The molecule has 0 bridgehead atoms. The quantitative estimate of drug-likeness (QED) is 0.272. The van der Waals surface area contributed by atoms with E-state index in [1.165, 1.54) is 18.5 Å². The van der Waals surface area contributed by atoms with Crippen LogP contribution in [0.25, 0.3) is 16.6 Å². The van der Waals surface area contributed by atoms with Crippen LogP contribution in [-0.4, -0.2) is 59.1 Å². The molecule has 1 aromatic carbocycles. The summed E-state index contributed by atoms with van der Waals surface area (Å²) in [6, 6.07) is 8.11. The molecule has 4 aromatic heterocycles. The van der Waals surface area contributed by atoms with Gasteiger partial charge in [0.2, 0.25) is 5.95 Å². The molecule has 0 amide bonds. The van der Waals surface area contributed by atoms with Crippen molar-refractivity contribution in [3.63, 3.8) is 0 Å². The number of aryl methyl sites for hydroxylation is 1. The molecule has 0 fully saturated rings. The second-order valence-corrected chi connectivity index (χ2v) is 8.72. The van der Waals surface area contributed by atoms with Crippen LogP contribution >= 0.6 is 0 Å². The summed E-state index contributed by atoms with van der Waals surface area (Å²) >= 11 is 0. The maximum atomic E-state index is 13.3. The molecule has 11 heteroatoms. The molecule has 36 heavy (non-hydrogen) atoms. The van der Waals surface area contributed by atoms with Gasteiger partial charge in [-0.1, -0.05) is 12.1 Å². The lowest BCUT2D eigenvalue weighted by Crippen LogP contribution is -2.28. The number of fused-ring (bicyclic) bond motifs is 1. The van der Waals surface area contributed by atoms with Crippen LogP contribution < -0.4 is 10.6 Å². The highest BCUT2D eigenvalue weighted by Gasteiger charge is 2.29. The lowest BCUT2D eigenvalue weighted by atomic mass is 9.78. The zero-order chi connectivity index (χ0) is 25.1. The van der Waals surface area contributed by atoms with E-state index in [0.717, 1.165) is 33.6 Å². The van der Waals surface area contributed by atoms with Gasteiger partial charge in [-0.3, -0.25) is 4.68 Å². The van der Waals surface area contributed by atoms with Gasteiger partial charge >= 0.3 is 0 Å². The molecule has 0 radical (unpaired) electrons. The van der Waals surface area contributed by atoms with Crippen molar-refractivity contribution in [3.8, 4) is 11.1 Å². The fourth-order valence-corrected chi connectivity index (χ4v) is 4.02. The number of nitrogens with zero attached hydrogens (tertiary/aromatic N) is 7. The average molecular weight is 488 g/mol. The first-order chi connectivity index (χ1) is 17.5. The summed E-state index contributed by atoms with van der Waals surface area (Å²) in [5, 5.41) is 25.1. The molecule has 0 saturated heterocycles. The fourth-order valence-electron chi connectivity index (χ4n) is 4.02. The van der Waals surface area contributed by atoms with E-state index in [0.29, 0.717) is 19.0 Å². The summed E-state index contributed by atoms with van der Waals surface area (Å²) in [6.07, 6.45) is 10.6. The van der Waals surface area contributed by atoms with Crippen molar-refractivity contribution in [2.45, 2.75) is 12.3 Å². The Kier molecular flexibility index (Phi) is 6.30. The number of hydrogen-bond acceptors (Lipinski definition) is 8. The van der Waals surface area contributed by atoms with Crippen LogP contribution in [0.5, 0.6) is 0 Å². The smallest absolute Gasteiger partial charge is 0.222 e. The van der Waals surface area contributed by atoms with E-state index in [4.69, 9.17) is 0 Å². The molecular weight excluding hydrogens is 461 g/mol. The van der Waals surface area contributed by atoms with Gasteiger partial charge < -0.3 is 15.7 Å². The normalized spacial score (nSPS) is 13.0. The number of anilines is 2. The number of rotatable bonds is 9. The first kappa shape index (κ1) is 23.4. The summed E-state index contributed by atoms with van der Waals surface area (Å²) in [4.78, 5) is 13.2. The van der Waals surface area contributed by atoms with Gasteiger partial charge in [0.15, 0.2) is 5.82 Å². The number of hydrogen-bond donors (Lipinski definition) is 3. The highest BCUT2D eigenvalue weighted by Crippen LogP contribution is 2.31. The molecular formula is C25H26FN9O. The van der Waals surface area contributed by atoms with Crippen molar-refractivity contribution in [1.29, 1.82) is 0 Å². The second kappa shape index (κ2) is 9.70. The molecule has 5 aromatic rings. The Morgan fingerprint density at radius 2 is 1.67 bits per heavy atom. The van der Waals surface area contributed by atoms with Crippen LogP contribution in [0.1, 0.15) is 18.1 Å². The van der Waals surface area contributed by atoms with Crippen LogP contribution in [0.4, 0.5) is 16.2 Å². The zero-order valence-corrected chi connectivity index (χ0v) is 19.9. The first-order valence-electron chi connectivity index (χ1n) is 11.5. The third kappa shape index (κ3) is 4.60. The third-order valence-electron chi connectivity index (χ3n) is 6.23. The number of halogens is 1. The fraction of sp³-hybridized carbons (Fsp3) is 0.240. The zero-order valence-electron chi connectivity index (χ0n) is 19.9. The summed E-state index contributed by atoms with van der Waals surface area (Å²) in [7, 11) is 1.88. The van der Waals surface area contributed by atoms with E-state index in [-0.39, 0.29) is 12.4 Å². The number of aliphatic hydroxyl groups excluding tert-OH is 1. The van der Waals surface area contributed by atoms with E-state index in [1.807, 2.05) is 38.6 Å². The van der Waals surface area contributed by atoms with E-state index in [9.17, 15) is 9.50 Å². The second-order valence-electron chi connectivity index (χ2n) is 8.72. The molecule has 5 rings (SSSR count). The highest BCUT2D eigenvalue weighted by atomic mass is 19.1. The molecule has 3 N–H and O–H groups in total. The Labute approximate surface area is 206 Å². The Hall–Kier alpha value is -4.38. The predicted molar refractivity (Wildman–Crippen MR) is 134 cm³/mol. The monoisotopic (exact) mass is 487 g/mol. The Bertz CT molecular complexity index is 1460. The Balaban J connectivity index is 1.21. The molecule has 4 heterocycles. The third-order valence-corrected chi connectivity index (χ3v) is 6.23. The molecule has 1 unspecified atom stereocenters. The van der Waals surface area contributed by atoms with Gasteiger partial charge in [0.1, 0.15) is 17.7 Å². The summed E-state index contributed by atoms with van der Waals surface area (Å²) in [5.74, 6) is 0.864. The maximum absolute atomic E-state index is 13.3. The lowest BCUT2D eigenvalue weighted by molar-refractivity contribution is 0.230. The van der Waals surface area contributed by atoms with E-state index >= 15 is 0 Å². The molecule has 10 nitrogen and oxygen atoms in total. The topological polar surface area (TPSA) is 118 Å². The van der Waals surface area contributed by atoms with Crippen LogP contribution in [0.2, 0.25) is 0 Å². The number of aromatic nitrogens is 7. The number of aliphatic hydroxyl groups is 1. The van der Waals surface area contributed by atoms with Crippen LogP contribution in [0.3, 0.4) is 0 Å². The average Bonchev–Trinajstić information content (AvgIpc) is 3.53. The van der Waals surface area contributed by atoms with Gasteiger partial charge in [-0.15, -0.1) is 0 Å². The summed E-state index contributed by atoms with van der Waals surface area (Å²) in [5.41, 5.74) is 3.66. The van der Waals surface area contributed by atoms with Gasteiger partial charge in [-0.25, -0.2) is 23.9 Å². The molecule has 0 aliphatic carbocycles. The SMILES string of the molecule is Cn1cc(-c2cc3c(NCCNc4ncc(C(C)(CO)c5ccc(F)cc5)cn4)ncnn3c2)cn1. The minimum absolute atomic E-state index is 0.158. The van der Waals surface area contributed by atoms with Gasteiger partial charge in [-0.2, -0.15) is 10.2 Å². The maximum Gasteiger partial charge on any atom is 0.222 e. The molecule has 0 saturated carbocycles. The van der Waals surface area contributed by atoms with Crippen molar-refractivity contribution >= 4 is 17.3 Å². The minimum atomic E-state index is -0.738. The highest BCUT2D eigenvalue weighted by molar-refractivity contribution is 5.76. The number of benzene rings is 1. The standard InChI is InChI=1S/C25H26FN9O/c1-25(15-36,19-3-5-21(26)6-4-19)20-11-29-24(30-12-20)28-8-7-27-23-22-9-17(14-35(22)33-16-31-23)18-10-32-34(2)13-18/h3-6,9-14,16,36H,7-8,15H2,1-2H3,(H,27,31,33)(H,28,29,30). The van der Waals surface area contributed by atoms with Crippen molar-refractivity contribution in [3.05, 3.63) is 84.6 Å². The first-order valence-corrected chi connectivity index (χ1v) is 11.5. The van der Waals surface area contributed by atoms with Gasteiger partial charge in [0.25, 0.3) is 0 Å². The van der Waals surface area contributed by atoms with E-state index in [1.54, 1.807) is 33.7 Å². The van der Waals surface area contributed by atoms with Crippen molar-refractivity contribution < 1.29 is 9.50 Å². The van der Waals surface area contributed by atoms with Crippen LogP contribution in [0.15, 0.2) is 67.6 Å². The molecule has 0 aliphatic rings. The van der Waals surface area contributed by atoms with Crippen LogP contribution in [-0.2, 0) is 12.5 Å². The lowest BCUT2D eigenvalue weighted by Gasteiger charge is -2.28. The van der Waals surface area contributed by atoms with E-state index < -0.39 is 5.41 Å². The number of nitrogens with one attached hydrogen (secondary N) is 2. The van der Waals surface area contributed by atoms with Crippen molar-refractivity contribution in [2.75, 3.05) is 30.3 Å². The largest absolute Gasteiger partial charge is 0.395 e. The summed E-state index contributed by atoms with van der Waals surface area (Å²) < 4.78 is 16.9. The van der Waals surface area contributed by atoms with Crippen LogP contribution in [0, 0.1) is 5.82 Å². The summed E-state index contributed by atoms with van der Waals surface area (Å²) in [6.45, 7) is 2.85. The molecule has 1 atom stereocenters. The predicted octanol–water partition coefficient (Wildman–Crippen LogP) is 2.88. The minimum Gasteiger partial charge on any atom is -0.395 e. The Morgan fingerprint density at radius 3 is 2.36 bits per heavy atom. The molecule has 0 aliphatic heterocycles. The van der Waals surface area contributed by atoms with E-state index in [2.05, 4.69) is 35.8 Å². The Morgan fingerprint density at radius 1 is 0.917 bits per heavy atom. The van der Waals surface area contributed by atoms with Gasteiger partial charge in [0, 0.05) is 67.0 Å². The van der Waals surface area contributed by atoms with Gasteiger partial charge in [-0.05, 0) is 30.7 Å².